The van der Waals surface area contributed by atoms with Gasteiger partial charge in [0.05, 0.1) is 19.0 Å². The predicted octanol–water partition coefficient (Wildman–Crippen LogP) is 1.66. The van der Waals surface area contributed by atoms with Gasteiger partial charge in [-0.1, -0.05) is 31.5 Å². The van der Waals surface area contributed by atoms with Crippen LogP contribution in [0.3, 0.4) is 0 Å². The van der Waals surface area contributed by atoms with Gasteiger partial charge in [-0.25, -0.2) is 10.1 Å². The van der Waals surface area contributed by atoms with Crippen molar-refractivity contribution in [3.05, 3.63) is 47.0 Å². The number of ether oxygens (including phenoxy) is 1. The first-order chi connectivity index (χ1) is 13.6. The summed E-state index contributed by atoms with van der Waals surface area (Å²) < 4.78 is 29.9. The van der Waals surface area contributed by atoms with Gasteiger partial charge in [-0.15, -0.1) is 0 Å². The zero-order valence-electron chi connectivity index (χ0n) is 16.2. The minimum atomic E-state index is -3.93. The number of carbonyl (C=O) groups excluding carboxylic acids is 1. The van der Waals surface area contributed by atoms with Crippen molar-refractivity contribution in [2.24, 2.45) is 5.14 Å². The molecule has 156 valence electrons. The number of pyridine rings is 2. The van der Waals surface area contributed by atoms with Crippen LogP contribution in [-0.4, -0.2) is 48.8 Å². The Morgan fingerprint density at radius 1 is 1.38 bits per heavy atom. The van der Waals surface area contributed by atoms with E-state index in [1.807, 2.05) is 19.9 Å². The molecule has 1 saturated heterocycles. The molecule has 0 bridgehead atoms. The number of aromatic nitrogens is 2. The number of carbonyl (C=O) groups is 1. The number of nitrogens with one attached hydrogen (secondary N) is 1. The minimum Gasteiger partial charge on any atom is -0.494 e. The minimum absolute atomic E-state index is 0.0821. The van der Waals surface area contributed by atoms with Crippen LogP contribution in [0.5, 0.6) is 5.75 Å². The Morgan fingerprint density at radius 3 is 2.66 bits per heavy atom. The molecule has 11 heteroatoms. The van der Waals surface area contributed by atoms with Gasteiger partial charge in [0.1, 0.15) is 22.0 Å². The fourth-order valence-corrected chi connectivity index (χ4v) is 4.29. The van der Waals surface area contributed by atoms with Gasteiger partial charge < -0.3 is 10.1 Å². The van der Waals surface area contributed by atoms with E-state index >= 15 is 0 Å². The van der Waals surface area contributed by atoms with Crippen LogP contribution in [0.4, 0.5) is 5.69 Å². The lowest BCUT2D eigenvalue weighted by atomic mass is 9.74. The van der Waals surface area contributed by atoms with Crippen molar-refractivity contribution in [2.45, 2.75) is 25.2 Å². The summed E-state index contributed by atoms with van der Waals surface area (Å²) in [7, 11) is -2.49. The lowest BCUT2D eigenvalue weighted by Crippen LogP contribution is -2.67. The Hall–Kier alpha value is -2.27. The second-order valence-corrected chi connectivity index (χ2v) is 9.09. The summed E-state index contributed by atoms with van der Waals surface area (Å²) in [5.74, 6) is -0.0136. The number of hydrogen-bond donors (Lipinski definition) is 2. The molecule has 3 rings (SSSR count). The van der Waals surface area contributed by atoms with Gasteiger partial charge in [0.15, 0.2) is 0 Å². The highest BCUT2D eigenvalue weighted by atomic mass is 35.5. The normalized spacial score (nSPS) is 16.3. The summed E-state index contributed by atoms with van der Waals surface area (Å²) in [6.45, 7) is 3.73. The Morgan fingerprint density at radius 2 is 2.07 bits per heavy atom. The SMILES string of the molecule is COc1cc(Cl)ncc1NC(=O)C1(c2ncccc2C(C)C)CN(S(N)(=O)=O)C1. The summed E-state index contributed by atoms with van der Waals surface area (Å²) >= 11 is 5.88. The summed E-state index contributed by atoms with van der Waals surface area (Å²) in [4.78, 5) is 21.8. The van der Waals surface area contributed by atoms with Gasteiger partial charge in [-0.05, 0) is 17.5 Å². The van der Waals surface area contributed by atoms with E-state index in [1.54, 1.807) is 12.3 Å². The number of rotatable bonds is 6. The molecule has 0 unspecified atom stereocenters. The van der Waals surface area contributed by atoms with Crippen molar-refractivity contribution in [1.29, 1.82) is 0 Å². The topological polar surface area (TPSA) is 128 Å². The molecule has 2 aromatic heterocycles. The van der Waals surface area contributed by atoms with E-state index in [-0.39, 0.29) is 24.2 Å². The van der Waals surface area contributed by atoms with Gasteiger partial charge in [0.2, 0.25) is 5.91 Å². The van der Waals surface area contributed by atoms with E-state index in [2.05, 4.69) is 15.3 Å². The largest absolute Gasteiger partial charge is 0.494 e. The van der Waals surface area contributed by atoms with E-state index < -0.39 is 21.5 Å². The average Bonchev–Trinajstić information content (AvgIpc) is 2.61. The molecule has 0 saturated carbocycles. The average molecular weight is 440 g/mol. The van der Waals surface area contributed by atoms with Crippen molar-refractivity contribution in [3.8, 4) is 5.75 Å². The van der Waals surface area contributed by atoms with Gasteiger partial charge in [0.25, 0.3) is 10.2 Å². The maximum absolute atomic E-state index is 13.4. The highest BCUT2D eigenvalue weighted by Crippen LogP contribution is 2.40. The standard InChI is InChI=1S/C18H22ClN5O4S/c1-11(2)12-5-4-6-21-16(12)18(9-24(10-18)29(20,26)27)17(25)23-13-8-22-15(19)7-14(13)28-3/h4-8,11H,9-10H2,1-3H3,(H,23,25)(H2,20,26,27). The van der Waals surface area contributed by atoms with Crippen LogP contribution < -0.4 is 15.2 Å². The maximum atomic E-state index is 13.4. The van der Waals surface area contributed by atoms with E-state index in [9.17, 15) is 13.2 Å². The van der Waals surface area contributed by atoms with Crippen LogP contribution in [0.1, 0.15) is 31.0 Å². The second kappa shape index (κ2) is 7.86. The Kier molecular flexibility index (Phi) is 5.81. The third-order valence-electron chi connectivity index (χ3n) is 4.90. The highest BCUT2D eigenvalue weighted by Gasteiger charge is 2.56. The fraction of sp³-hybridized carbons (Fsp3) is 0.389. The number of halogens is 1. The Balaban J connectivity index is 2.03. The molecule has 1 aliphatic rings. The Labute approximate surface area is 174 Å². The molecule has 0 radical (unpaired) electrons. The quantitative estimate of drug-likeness (QED) is 0.659. The first kappa shape index (κ1) is 21.4. The summed E-state index contributed by atoms with van der Waals surface area (Å²) in [5.41, 5.74) is 0.501. The van der Waals surface area contributed by atoms with Crippen LogP contribution in [0.25, 0.3) is 0 Å². The molecule has 1 aliphatic heterocycles. The molecule has 0 aromatic carbocycles. The molecule has 1 fully saturated rings. The molecular weight excluding hydrogens is 418 g/mol. The molecule has 0 atom stereocenters. The van der Waals surface area contributed by atoms with Crippen LogP contribution in [-0.2, 0) is 20.4 Å². The van der Waals surface area contributed by atoms with Gasteiger partial charge in [0, 0.05) is 25.4 Å². The van der Waals surface area contributed by atoms with Gasteiger partial charge in [-0.3, -0.25) is 9.78 Å². The monoisotopic (exact) mass is 439 g/mol. The van der Waals surface area contributed by atoms with Crippen molar-refractivity contribution < 1.29 is 17.9 Å². The van der Waals surface area contributed by atoms with E-state index in [0.29, 0.717) is 17.1 Å². The zero-order valence-corrected chi connectivity index (χ0v) is 17.8. The first-order valence-electron chi connectivity index (χ1n) is 8.83. The predicted molar refractivity (Wildman–Crippen MR) is 109 cm³/mol. The highest BCUT2D eigenvalue weighted by molar-refractivity contribution is 7.86. The molecule has 3 heterocycles. The van der Waals surface area contributed by atoms with Crippen LogP contribution in [0, 0.1) is 0 Å². The molecule has 1 amide bonds. The number of amides is 1. The number of hydrogen-bond acceptors (Lipinski definition) is 6. The lowest BCUT2D eigenvalue weighted by Gasteiger charge is -2.47. The molecule has 29 heavy (non-hydrogen) atoms. The lowest BCUT2D eigenvalue weighted by molar-refractivity contribution is -0.125. The molecule has 0 aliphatic carbocycles. The number of methoxy groups -OCH3 is 1. The van der Waals surface area contributed by atoms with Crippen LogP contribution in [0.2, 0.25) is 5.15 Å². The van der Waals surface area contributed by atoms with Crippen molar-refractivity contribution in [1.82, 2.24) is 14.3 Å². The molecule has 9 nitrogen and oxygen atoms in total. The smallest absolute Gasteiger partial charge is 0.276 e. The summed E-state index contributed by atoms with van der Waals surface area (Å²) in [5, 5.41) is 8.25. The summed E-state index contributed by atoms with van der Waals surface area (Å²) in [6.07, 6.45) is 2.96. The third-order valence-corrected chi connectivity index (χ3v) is 6.09. The van der Waals surface area contributed by atoms with E-state index in [0.717, 1.165) is 9.87 Å². The number of nitrogens with two attached hydrogens (primary N) is 1. The maximum Gasteiger partial charge on any atom is 0.276 e. The van der Waals surface area contributed by atoms with Crippen LogP contribution in [0.15, 0.2) is 30.6 Å². The van der Waals surface area contributed by atoms with Crippen molar-refractivity contribution in [3.63, 3.8) is 0 Å². The van der Waals surface area contributed by atoms with Crippen molar-refractivity contribution in [2.75, 3.05) is 25.5 Å². The van der Waals surface area contributed by atoms with Gasteiger partial charge >= 0.3 is 0 Å². The molecule has 2 aromatic rings. The summed E-state index contributed by atoms with van der Waals surface area (Å²) in [6, 6.07) is 5.14. The van der Waals surface area contributed by atoms with Crippen molar-refractivity contribution >= 4 is 33.4 Å². The van der Waals surface area contributed by atoms with E-state index in [4.69, 9.17) is 21.5 Å². The van der Waals surface area contributed by atoms with E-state index in [1.165, 1.54) is 19.4 Å². The molecular formula is C18H22ClN5O4S. The fourth-order valence-electron chi connectivity index (χ4n) is 3.34. The molecule has 3 N–H and O–H groups in total. The Bertz CT molecular complexity index is 1040. The zero-order chi connectivity index (χ0) is 21.4. The van der Waals surface area contributed by atoms with Crippen LogP contribution >= 0.6 is 11.6 Å². The first-order valence-corrected chi connectivity index (χ1v) is 10.7. The number of nitrogens with zero attached hydrogens (tertiary/aromatic N) is 3. The van der Waals surface area contributed by atoms with Gasteiger partial charge in [-0.2, -0.15) is 12.7 Å². The number of anilines is 1. The third kappa shape index (κ3) is 4.06. The molecule has 0 spiro atoms. The second-order valence-electron chi connectivity index (χ2n) is 7.15.